The van der Waals surface area contributed by atoms with Crippen molar-refractivity contribution in [3.8, 4) is 0 Å². The minimum absolute atomic E-state index is 0.0222. The van der Waals surface area contributed by atoms with Crippen molar-refractivity contribution in [1.29, 1.82) is 0 Å². The lowest BCUT2D eigenvalue weighted by atomic mass is 9.86. The van der Waals surface area contributed by atoms with Gasteiger partial charge in [-0.25, -0.2) is 0 Å². The number of hydrogen-bond acceptors (Lipinski definition) is 7. The zero-order chi connectivity index (χ0) is 27.6. The van der Waals surface area contributed by atoms with Crippen molar-refractivity contribution in [2.75, 3.05) is 0 Å². The maximum Gasteiger partial charge on any atom is 0.534 e. The summed E-state index contributed by atoms with van der Waals surface area (Å²) in [6, 6.07) is 10.9. The third-order valence-electron chi connectivity index (χ3n) is 5.58. The second-order valence-corrected chi connectivity index (χ2v) is 9.28. The minimum Gasteiger partial charge on any atom is -0.381 e. The van der Waals surface area contributed by atoms with Crippen LogP contribution >= 0.6 is 0 Å². The van der Waals surface area contributed by atoms with Crippen LogP contribution in [0.25, 0.3) is 5.57 Å². The van der Waals surface area contributed by atoms with Gasteiger partial charge in [0.25, 0.3) is 0 Å². The molecule has 0 atom stereocenters. The molecule has 0 heterocycles. The van der Waals surface area contributed by atoms with Gasteiger partial charge >= 0.3 is 27.9 Å². The lowest BCUT2D eigenvalue weighted by molar-refractivity contribution is -0.193. The Morgan fingerprint density at radius 2 is 1.22 bits per heavy atom. The number of hydrogen-bond donors (Lipinski definition) is 0. The summed E-state index contributed by atoms with van der Waals surface area (Å²) in [4.78, 5) is 32.5. The Hall–Kier alpha value is -3.00. The van der Waals surface area contributed by atoms with Crippen LogP contribution in [0.3, 0.4) is 0 Å². The van der Waals surface area contributed by atoms with Crippen molar-refractivity contribution in [3.63, 3.8) is 0 Å². The third-order valence-corrected chi connectivity index (χ3v) is 6.57. The van der Waals surface area contributed by atoms with Crippen LogP contribution in [0, 0.1) is 0 Å². The highest BCUT2D eigenvalue weighted by atomic mass is 32.2. The van der Waals surface area contributed by atoms with Crippen LogP contribution in [0.1, 0.15) is 83.6 Å². The summed E-state index contributed by atoms with van der Waals surface area (Å²) in [7, 11) is -5.50. The molecule has 0 amide bonds. The summed E-state index contributed by atoms with van der Waals surface area (Å²) in [6.07, 6.45) is 10.0. The highest BCUT2D eigenvalue weighted by Crippen LogP contribution is 2.34. The SMILES string of the molecule is CCC1=C(OS(=O)(=O)C(F)(F)F)CCCC1.CCC1=C(c2ccccc2)CCCC1.O=C=O.O=C=O. The van der Waals surface area contributed by atoms with Crippen LogP contribution in [0.4, 0.5) is 13.2 Å². The first-order valence-corrected chi connectivity index (χ1v) is 12.9. The molecule has 2 aliphatic rings. The summed E-state index contributed by atoms with van der Waals surface area (Å²) < 4.78 is 62.0. The lowest BCUT2D eigenvalue weighted by Gasteiger charge is -2.20. The molecule has 0 aliphatic heterocycles. The van der Waals surface area contributed by atoms with Crippen LogP contribution in [0.5, 0.6) is 0 Å². The first kappa shape index (κ1) is 33.0. The Labute approximate surface area is 209 Å². The van der Waals surface area contributed by atoms with Gasteiger partial charge in [-0.05, 0) is 74.5 Å². The Bertz CT molecular complexity index is 1020. The van der Waals surface area contributed by atoms with Crippen molar-refractivity contribution in [2.45, 2.75) is 83.6 Å². The molecule has 3 rings (SSSR count). The summed E-state index contributed by atoms with van der Waals surface area (Å²) >= 11 is 0. The van der Waals surface area contributed by atoms with E-state index in [1.807, 2.05) is 0 Å². The topological polar surface area (TPSA) is 112 Å². The van der Waals surface area contributed by atoms with Gasteiger partial charge in [-0.15, -0.1) is 0 Å². The summed E-state index contributed by atoms with van der Waals surface area (Å²) in [5.74, 6) is -0.0222. The average Bonchev–Trinajstić information content (AvgIpc) is 2.85. The predicted molar refractivity (Wildman–Crippen MR) is 124 cm³/mol. The van der Waals surface area contributed by atoms with Gasteiger partial charge in [0.1, 0.15) is 5.76 Å². The number of halogens is 3. The Balaban J connectivity index is 0.000000561. The van der Waals surface area contributed by atoms with Crippen LogP contribution in [0.15, 0.2) is 47.2 Å². The third kappa shape index (κ3) is 11.6. The highest BCUT2D eigenvalue weighted by molar-refractivity contribution is 7.87. The van der Waals surface area contributed by atoms with E-state index < -0.39 is 15.6 Å². The van der Waals surface area contributed by atoms with Gasteiger partial charge in [0.05, 0.1) is 0 Å². The quantitative estimate of drug-likeness (QED) is 0.321. The fourth-order valence-corrected chi connectivity index (χ4v) is 4.50. The van der Waals surface area contributed by atoms with Crippen LogP contribution in [0.2, 0.25) is 0 Å². The van der Waals surface area contributed by atoms with Crippen molar-refractivity contribution in [1.82, 2.24) is 0 Å². The van der Waals surface area contributed by atoms with Crippen molar-refractivity contribution in [3.05, 3.63) is 52.8 Å². The molecule has 1 aromatic carbocycles. The number of rotatable bonds is 5. The van der Waals surface area contributed by atoms with E-state index in [4.69, 9.17) is 19.2 Å². The second kappa shape index (κ2) is 17.4. The molecule has 0 aromatic heterocycles. The minimum atomic E-state index is -5.50. The van der Waals surface area contributed by atoms with Crippen LogP contribution in [-0.2, 0) is 33.5 Å². The van der Waals surface area contributed by atoms with Gasteiger partial charge in [-0.1, -0.05) is 49.8 Å². The van der Waals surface area contributed by atoms with Gasteiger partial charge < -0.3 is 4.18 Å². The first-order chi connectivity index (χ1) is 17.0. The summed E-state index contributed by atoms with van der Waals surface area (Å²) in [5, 5.41) is 0. The van der Waals surface area contributed by atoms with E-state index in [9.17, 15) is 21.6 Å². The molecule has 7 nitrogen and oxygen atoms in total. The Morgan fingerprint density at radius 3 is 1.69 bits per heavy atom. The molecule has 0 fully saturated rings. The molecule has 2 aliphatic carbocycles. The van der Waals surface area contributed by atoms with E-state index in [0.717, 1.165) is 6.42 Å². The average molecular weight is 533 g/mol. The first-order valence-electron chi connectivity index (χ1n) is 11.5. The molecule has 0 spiro atoms. The summed E-state index contributed by atoms with van der Waals surface area (Å²) in [5.41, 5.74) is 0.0703. The molecule has 200 valence electrons. The number of allylic oxidation sites excluding steroid dienone is 4. The largest absolute Gasteiger partial charge is 0.534 e. The predicted octanol–water partition coefficient (Wildman–Crippen LogP) is 6.35. The van der Waals surface area contributed by atoms with E-state index in [1.165, 1.54) is 37.7 Å². The van der Waals surface area contributed by atoms with Gasteiger partial charge in [-0.2, -0.15) is 40.8 Å². The molecular formula is C25H31F3O7S. The normalized spacial score (nSPS) is 15.5. The zero-order valence-electron chi connectivity index (χ0n) is 20.4. The fraction of sp³-hybridized carbons (Fsp3) is 0.520. The van der Waals surface area contributed by atoms with Crippen molar-refractivity contribution >= 4 is 28.0 Å². The van der Waals surface area contributed by atoms with Gasteiger partial charge in [0.2, 0.25) is 0 Å². The molecule has 0 saturated heterocycles. The number of carbonyl (C=O) groups excluding carboxylic acids is 4. The van der Waals surface area contributed by atoms with E-state index in [2.05, 4.69) is 41.4 Å². The van der Waals surface area contributed by atoms with E-state index in [-0.39, 0.29) is 24.5 Å². The van der Waals surface area contributed by atoms with Crippen molar-refractivity contribution < 1.29 is 45.0 Å². The van der Waals surface area contributed by atoms with Crippen LogP contribution < -0.4 is 0 Å². The van der Waals surface area contributed by atoms with E-state index >= 15 is 0 Å². The Morgan fingerprint density at radius 1 is 0.778 bits per heavy atom. The molecule has 0 bridgehead atoms. The molecular weight excluding hydrogens is 501 g/mol. The molecule has 0 saturated carbocycles. The van der Waals surface area contributed by atoms with Crippen LogP contribution in [-0.4, -0.2) is 26.2 Å². The van der Waals surface area contributed by atoms with Crippen molar-refractivity contribution in [2.24, 2.45) is 0 Å². The lowest BCUT2D eigenvalue weighted by Crippen LogP contribution is -2.26. The number of benzene rings is 1. The van der Waals surface area contributed by atoms with Gasteiger partial charge in [0, 0.05) is 6.42 Å². The monoisotopic (exact) mass is 532 g/mol. The Kier molecular flexibility index (Phi) is 16.0. The van der Waals surface area contributed by atoms with E-state index in [0.29, 0.717) is 24.8 Å². The number of alkyl halides is 3. The smallest absolute Gasteiger partial charge is 0.381 e. The zero-order valence-corrected chi connectivity index (χ0v) is 21.2. The molecule has 0 unspecified atom stereocenters. The standard InChI is InChI=1S/C14H18.C9H13F3O3S.2CO2/c1-2-12-8-6-7-11-14(12)13-9-4-3-5-10-13;1-2-7-5-3-4-6-8(7)15-16(13,14)9(10,11)12;2*2-1-3/h3-5,9-10H,2,6-8,11H2,1H3;2-6H2,1H3;;. The summed E-state index contributed by atoms with van der Waals surface area (Å²) in [6.45, 7) is 4.05. The molecule has 0 N–H and O–H groups in total. The maximum atomic E-state index is 12.1. The van der Waals surface area contributed by atoms with Gasteiger partial charge in [-0.3, -0.25) is 0 Å². The van der Waals surface area contributed by atoms with E-state index in [1.54, 1.807) is 18.1 Å². The fourth-order valence-electron chi connectivity index (χ4n) is 3.94. The second-order valence-electron chi connectivity index (χ2n) is 7.75. The molecule has 1 aromatic rings. The van der Waals surface area contributed by atoms with Gasteiger partial charge in [0.15, 0.2) is 0 Å². The highest BCUT2D eigenvalue weighted by Gasteiger charge is 2.49. The molecule has 11 heteroatoms. The maximum absolute atomic E-state index is 12.1. The molecule has 36 heavy (non-hydrogen) atoms. The molecule has 0 radical (unpaired) electrons.